The summed E-state index contributed by atoms with van der Waals surface area (Å²) in [6, 6.07) is 22.5. The Hall–Kier alpha value is -4.46. The monoisotopic (exact) mass is 468 g/mol. The molecule has 1 aliphatic heterocycles. The third-order valence-electron chi connectivity index (χ3n) is 6.43. The molecule has 1 spiro atoms. The summed E-state index contributed by atoms with van der Waals surface area (Å²) in [7, 11) is 0. The zero-order valence-electron chi connectivity index (χ0n) is 18.9. The zero-order chi connectivity index (χ0) is 24.4. The quantitative estimate of drug-likeness (QED) is 0.497. The van der Waals surface area contributed by atoms with Crippen molar-refractivity contribution in [2.45, 2.75) is 24.8 Å². The summed E-state index contributed by atoms with van der Waals surface area (Å²) in [5.41, 5.74) is 1.85. The lowest BCUT2D eigenvalue weighted by atomic mass is 9.76. The first kappa shape index (κ1) is 22.3. The Balaban J connectivity index is 1.32. The standard InChI is InChI=1S/C27H24N4O4/c32-23(29-22-15-7-5-13-20(22)24(33)28-19-11-2-1-3-12-19)17-31-25(34)27(30-26(31)35)16-8-10-18-9-4-6-14-21(18)27/h1-7,9,11-15H,8,10,16-17H2,(H,28,33)(H,29,32)(H,30,35)/t27-/m1/s1. The summed E-state index contributed by atoms with van der Waals surface area (Å²) in [6.07, 6.45) is 2.07. The van der Waals surface area contributed by atoms with Gasteiger partial charge in [-0.3, -0.25) is 19.3 Å². The molecule has 5 amide bonds. The molecule has 5 rings (SSSR count). The van der Waals surface area contributed by atoms with Crippen molar-refractivity contribution in [1.29, 1.82) is 0 Å². The lowest BCUT2D eigenvalue weighted by Crippen LogP contribution is -2.47. The van der Waals surface area contributed by atoms with Crippen molar-refractivity contribution in [2.24, 2.45) is 0 Å². The summed E-state index contributed by atoms with van der Waals surface area (Å²) < 4.78 is 0. The maximum Gasteiger partial charge on any atom is 0.325 e. The summed E-state index contributed by atoms with van der Waals surface area (Å²) >= 11 is 0. The Kier molecular flexibility index (Phi) is 5.78. The largest absolute Gasteiger partial charge is 0.325 e. The second-order valence-corrected chi connectivity index (χ2v) is 8.65. The van der Waals surface area contributed by atoms with Crippen LogP contribution >= 0.6 is 0 Å². The van der Waals surface area contributed by atoms with E-state index in [0.717, 1.165) is 28.9 Å². The van der Waals surface area contributed by atoms with Gasteiger partial charge in [-0.15, -0.1) is 0 Å². The molecule has 0 unspecified atom stereocenters. The number of anilines is 2. The molecule has 1 aliphatic carbocycles. The molecule has 176 valence electrons. The van der Waals surface area contributed by atoms with Gasteiger partial charge in [-0.05, 0) is 54.7 Å². The van der Waals surface area contributed by atoms with Crippen molar-refractivity contribution < 1.29 is 19.2 Å². The maximum absolute atomic E-state index is 13.4. The van der Waals surface area contributed by atoms with Crippen LogP contribution in [0.5, 0.6) is 0 Å². The number of carbonyl (C=O) groups excluding carboxylic acids is 4. The highest BCUT2D eigenvalue weighted by molar-refractivity contribution is 6.13. The van der Waals surface area contributed by atoms with E-state index in [1.165, 1.54) is 0 Å². The summed E-state index contributed by atoms with van der Waals surface area (Å²) in [5, 5.41) is 8.32. The molecule has 8 heteroatoms. The van der Waals surface area contributed by atoms with Crippen molar-refractivity contribution in [3.8, 4) is 0 Å². The van der Waals surface area contributed by atoms with E-state index >= 15 is 0 Å². The number of nitrogens with one attached hydrogen (secondary N) is 3. The SMILES string of the molecule is O=C(CN1C(=O)N[C@@]2(CCCc3ccccc32)C1=O)Nc1ccccc1C(=O)Nc1ccccc1. The predicted octanol–water partition coefficient (Wildman–Crippen LogP) is 3.66. The minimum Gasteiger partial charge on any atom is -0.324 e. The molecule has 0 aromatic heterocycles. The van der Waals surface area contributed by atoms with Crippen LogP contribution in [0.4, 0.5) is 16.2 Å². The Labute approximate surface area is 202 Å². The average Bonchev–Trinajstić information content (AvgIpc) is 3.10. The number of hydrogen-bond acceptors (Lipinski definition) is 4. The molecular weight excluding hydrogens is 444 g/mol. The maximum atomic E-state index is 13.4. The normalized spacial score (nSPS) is 18.7. The van der Waals surface area contributed by atoms with E-state index < -0.39 is 29.9 Å². The molecule has 8 nitrogen and oxygen atoms in total. The second kappa shape index (κ2) is 9.06. The number of fused-ring (bicyclic) bond motifs is 2. The van der Waals surface area contributed by atoms with Crippen LogP contribution in [0.2, 0.25) is 0 Å². The van der Waals surface area contributed by atoms with Crippen LogP contribution < -0.4 is 16.0 Å². The van der Waals surface area contributed by atoms with Gasteiger partial charge in [0.25, 0.3) is 11.8 Å². The fraction of sp³-hybridized carbons (Fsp3) is 0.185. The minimum atomic E-state index is -1.14. The molecule has 0 bridgehead atoms. The highest BCUT2D eigenvalue weighted by Crippen LogP contribution is 2.39. The van der Waals surface area contributed by atoms with Gasteiger partial charge in [-0.1, -0.05) is 54.6 Å². The Morgan fingerprint density at radius 2 is 1.60 bits per heavy atom. The Bertz CT molecular complexity index is 1320. The van der Waals surface area contributed by atoms with Gasteiger partial charge in [-0.2, -0.15) is 0 Å². The zero-order valence-corrected chi connectivity index (χ0v) is 18.9. The van der Waals surface area contributed by atoms with Crippen LogP contribution in [0.1, 0.15) is 34.3 Å². The summed E-state index contributed by atoms with van der Waals surface area (Å²) in [4.78, 5) is 52.8. The number of para-hydroxylation sites is 2. The number of rotatable bonds is 5. The molecule has 3 aromatic rings. The number of benzene rings is 3. The molecule has 1 heterocycles. The fourth-order valence-electron chi connectivity index (χ4n) is 4.80. The fourth-order valence-corrected chi connectivity index (χ4v) is 4.80. The molecule has 2 aliphatic rings. The smallest absolute Gasteiger partial charge is 0.324 e. The van der Waals surface area contributed by atoms with Crippen molar-refractivity contribution in [3.05, 3.63) is 95.6 Å². The number of carbonyl (C=O) groups is 4. The first-order chi connectivity index (χ1) is 17.0. The van der Waals surface area contributed by atoms with Crippen LogP contribution in [0.15, 0.2) is 78.9 Å². The minimum absolute atomic E-state index is 0.264. The molecule has 1 saturated heterocycles. The highest BCUT2D eigenvalue weighted by atomic mass is 16.2. The van der Waals surface area contributed by atoms with Crippen molar-refractivity contribution in [2.75, 3.05) is 17.2 Å². The first-order valence-electron chi connectivity index (χ1n) is 11.5. The number of nitrogens with zero attached hydrogens (tertiary/aromatic N) is 1. The number of amides is 5. The van der Waals surface area contributed by atoms with Crippen LogP contribution in [-0.2, 0) is 21.5 Å². The first-order valence-corrected chi connectivity index (χ1v) is 11.5. The number of hydrogen-bond donors (Lipinski definition) is 3. The van der Waals surface area contributed by atoms with Crippen LogP contribution in [0, 0.1) is 0 Å². The van der Waals surface area contributed by atoms with Gasteiger partial charge in [0.1, 0.15) is 12.1 Å². The Morgan fingerprint density at radius 3 is 2.43 bits per heavy atom. The molecule has 1 fully saturated rings. The second-order valence-electron chi connectivity index (χ2n) is 8.65. The lowest BCUT2D eigenvalue weighted by Gasteiger charge is -2.33. The van der Waals surface area contributed by atoms with Gasteiger partial charge < -0.3 is 16.0 Å². The van der Waals surface area contributed by atoms with E-state index in [1.807, 2.05) is 30.3 Å². The van der Waals surface area contributed by atoms with Gasteiger partial charge in [0.15, 0.2) is 0 Å². The molecule has 1 atom stereocenters. The van der Waals surface area contributed by atoms with E-state index in [1.54, 1.807) is 48.5 Å². The topological polar surface area (TPSA) is 108 Å². The van der Waals surface area contributed by atoms with Gasteiger partial charge in [0.05, 0.1) is 11.3 Å². The average molecular weight is 469 g/mol. The number of imide groups is 1. The summed E-state index contributed by atoms with van der Waals surface area (Å²) in [5.74, 6) is -1.39. The number of urea groups is 1. The third kappa shape index (κ3) is 4.14. The van der Waals surface area contributed by atoms with Crippen LogP contribution in [0.3, 0.4) is 0 Å². The van der Waals surface area contributed by atoms with Crippen molar-refractivity contribution in [1.82, 2.24) is 10.2 Å². The highest BCUT2D eigenvalue weighted by Gasteiger charge is 2.54. The van der Waals surface area contributed by atoms with E-state index in [9.17, 15) is 19.2 Å². The molecule has 0 radical (unpaired) electrons. The van der Waals surface area contributed by atoms with Gasteiger partial charge in [-0.25, -0.2) is 4.79 Å². The molecular formula is C27H24N4O4. The van der Waals surface area contributed by atoms with E-state index in [4.69, 9.17) is 0 Å². The molecule has 3 aromatic carbocycles. The number of aryl methyl sites for hydroxylation is 1. The molecule has 0 saturated carbocycles. The predicted molar refractivity (Wildman–Crippen MR) is 131 cm³/mol. The van der Waals surface area contributed by atoms with Crippen molar-refractivity contribution >= 4 is 35.1 Å². The summed E-state index contributed by atoms with van der Waals surface area (Å²) in [6.45, 7) is -0.455. The van der Waals surface area contributed by atoms with Gasteiger partial charge in [0, 0.05) is 5.69 Å². The van der Waals surface area contributed by atoms with Crippen LogP contribution in [0.25, 0.3) is 0 Å². The van der Waals surface area contributed by atoms with Crippen LogP contribution in [-0.4, -0.2) is 35.2 Å². The van der Waals surface area contributed by atoms with Gasteiger partial charge in [0.2, 0.25) is 5.91 Å². The Morgan fingerprint density at radius 1 is 0.886 bits per heavy atom. The van der Waals surface area contributed by atoms with E-state index in [0.29, 0.717) is 12.1 Å². The molecule has 3 N–H and O–H groups in total. The van der Waals surface area contributed by atoms with Crippen molar-refractivity contribution in [3.63, 3.8) is 0 Å². The van der Waals surface area contributed by atoms with E-state index in [-0.39, 0.29) is 17.2 Å². The van der Waals surface area contributed by atoms with Gasteiger partial charge >= 0.3 is 6.03 Å². The third-order valence-corrected chi connectivity index (χ3v) is 6.43. The molecule has 35 heavy (non-hydrogen) atoms. The lowest BCUT2D eigenvalue weighted by molar-refractivity contribution is -0.134. The van der Waals surface area contributed by atoms with E-state index in [2.05, 4.69) is 16.0 Å².